The van der Waals surface area contributed by atoms with E-state index in [4.69, 9.17) is 0 Å². The zero-order valence-electron chi connectivity index (χ0n) is 10.1. The number of aliphatic hydroxyl groups is 1. The van der Waals surface area contributed by atoms with Gasteiger partial charge in [-0.2, -0.15) is 0 Å². The normalized spacial score (nSPS) is 12.1. The number of hydrogen-bond donors (Lipinski definition) is 2. The highest BCUT2D eigenvalue weighted by molar-refractivity contribution is 5.44. The second kappa shape index (κ2) is 6.19. The van der Waals surface area contributed by atoms with Crippen molar-refractivity contribution in [3.63, 3.8) is 0 Å². The Morgan fingerprint density at radius 2 is 1.44 bits per heavy atom. The topological polar surface area (TPSA) is 43.7 Å². The van der Waals surface area contributed by atoms with E-state index >= 15 is 0 Å². The van der Waals surface area contributed by atoms with Crippen LogP contribution in [-0.2, 0) is 6.42 Å². The molecule has 0 amide bonds. The first kappa shape index (κ1) is 12.6. The summed E-state index contributed by atoms with van der Waals surface area (Å²) in [7, 11) is 0. The number of anilines is 1. The molecule has 94 valence electrons. The summed E-state index contributed by atoms with van der Waals surface area (Å²) in [5, 5.41) is 20.7. The second-order valence-corrected chi connectivity index (χ2v) is 4.21. The minimum absolute atomic E-state index is 0.0969. The van der Waals surface area contributed by atoms with Crippen LogP contribution >= 0.6 is 0 Å². The van der Waals surface area contributed by atoms with Crippen molar-refractivity contribution < 1.29 is 10.3 Å². The lowest BCUT2D eigenvalue weighted by Crippen LogP contribution is -2.37. The zero-order chi connectivity index (χ0) is 12.8. The van der Waals surface area contributed by atoms with Crippen LogP contribution in [0.2, 0.25) is 0 Å². The molecule has 3 nitrogen and oxygen atoms in total. The molecular weight excluding hydrogens is 226 g/mol. The third-order valence-corrected chi connectivity index (χ3v) is 2.89. The molecule has 0 aromatic heterocycles. The number of para-hydroxylation sites is 1. The molecule has 0 saturated carbocycles. The lowest BCUT2D eigenvalue weighted by Gasteiger charge is -2.26. The Hall–Kier alpha value is -1.84. The van der Waals surface area contributed by atoms with E-state index in [0.717, 1.165) is 10.6 Å². The van der Waals surface area contributed by atoms with E-state index in [0.29, 0.717) is 12.1 Å². The Kier molecular flexibility index (Phi) is 4.34. The summed E-state index contributed by atoms with van der Waals surface area (Å²) in [5.74, 6) is 0. The predicted molar refractivity (Wildman–Crippen MR) is 71.7 cm³/mol. The highest BCUT2D eigenvalue weighted by Gasteiger charge is 2.16. The maximum absolute atomic E-state index is 10.1. The third kappa shape index (κ3) is 3.09. The fourth-order valence-corrected chi connectivity index (χ4v) is 1.91. The molecule has 1 atom stereocenters. The van der Waals surface area contributed by atoms with Crippen LogP contribution in [-0.4, -0.2) is 23.0 Å². The van der Waals surface area contributed by atoms with Crippen molar-refractivity contribution in [3.8, 4) is 0 Å². The number of rotatable bonds is 5. The molecule has 0 aliphatic carbocycles. The average molecular weight is 243 g/mol. The highest BCUT2D eigenvalue weighted by Crippen LogP contribution is 2.16. The molecule has 2 rings (SSSR count). The van der Waals surface area contributed by atoms with Crippen LogP contribution in [0.4, 0.5) is 5.69 Å². The van der Waals surface area contributed by atoms with E-state index in [2.05, 4.69) is 0 Å². The van der Waals surface area contributed by atoms with Crippen molar-refractivity contribution in [1.29, 1.82) is 0 Å². The summed E-state index contributed by atoms with van der Waals surface area (Å²) in [4.78, 5) is 0. The molecule has 0 radical (unpaired) electrons. The Labute approximate surface area is 107 Å². The zero-order valence-corrected chi connectivity index (χ0v) is 10.1. The monoisotopic (exact) mass is 243 g/mol. The molecule has 2 aromatic carbocycles. The summed E-state index contributed by atoms with van der Waals surface area (Å²) >= 11 is 0. The van der Waals surface area contributed by atoms with E-state index in [1.165, 1.54) is 0 Å². The number of aliphatic hydroxyl groups excluding tert-OH is 1. The summed E-state index contributed by atoms with van der Waals surface area (Å²) in [6.45, 7) is -0.0969. The van der Waals surface area contributed by atoms with Crippen molar-refractivity contribution in [1.82, 2.24) is 0 Å². The molecule has 0 spiro atoms. The first-order valence-electron chi connectivity index (χ1n) is 5.99. The Bertz CT molecular complexity index is 458. The molecule has 2 aromatic rings. The van der Waals surface area contributed by atoms with Gasteiger partial charge in [0.2, 0.25) is 0 Å². The molecule has 0 unspecified atom stereocenters. The van der Waals surface area contributed by atoms with E-state index in [1.807, 2.05) is 60.7 Å². The molecule has 2 N–H and O–H groups in total. The lowest BCUT2D eigenvalue weighted by molar-refractivity contribution is 0.159. The fraction of sp³-hybridized carbons (Fsp3) is 0.200. The van der Waals surface area contributed by atoms with Crippen LogP contribution in [0, 0.1) is 0 Å². The predicted octanol–water partition coefficient (Wildman–Crippen LogP) is 2.49. The number of hydrogen-bond acceptors (Lipinski definition) is 3. The van der Waals surface area contributed by atoms with Crippen molar-refractivity contribution in [2.24, 2.45) is 0 Å². The first-order valence-corrected chi connectivity index (χ1v) is 5.99. The van der Waals surface area contributed by atoms with Crippen molar-refractivity contribution >= 4 is 5.69 Å². The van der Waals surface area contributed by atoms with Gasteiger partial charge in [0.1, 0.15) is 0 Å². The van der Waals surface area contributed by atoms with Gasteiger partial charge in [-0.05, 0) is 24.1 Å². The van der Waals surface area contributed by atoms with Gasteiger partial charge < -0.3 is 5.11 Å². The van der Waals surface area contributed by atoms with Crippen molar-refractivity contribution in [2.45, 2.75) is 12.5 Å². The number of benzene rings is 2. The first-order chi connectivity index (χ1) is 8.81. The summed E-state index contributed by atoms with van der Waals surface area (Å²) in [6.07, 6.45) is 0.600. The van der Waals surface area contributed by atoms with Crippen LogP contribution in [0.25, 0.3) is 0 Å². The van der Waals surface area contributed by atoms with Crippen molar-refractivity contribution in [3.05, 3.63) is 66.2 Å². The van der Waals surface area contributed by atoms with Crippen LogP contribution in [0.5, 0.6) is 0 Å². The van der Waals surface area contributed by atoms with Crippen LogP contribution in [0.3, 0.4) is 0 Å². The average Bonchev–Trinajstić information content (AvgIpc) is 2.46. The Morgan fingerprint density at radius 1 is 0.889 bits per heavy atom. The van der Waals surface area contributed by atoms with Crippen LogP contribution < -0.4 is 5.06 Å². The molecular formula is C15H17NO2. The molecule has 18 heavy (non-hydrogen) atoms. The minimum Gasteiger partial charge on any atom is -0.394 e. The second-order valence-electron chi connectivity index (χ2n) is 4.21. The Morgan fingerprint density at radius 3 is 2.00 bits per heavy atom. The van der Waals surface area contributed by atoms with Crippen LogP contribution in [0.1, 0.15) is 5.56 Å². The molecule has 0 saturated heterocycles. The van der Waals surface area contributed by atoms with Gasteiger partial charge in [0, 0.05) is 0 Å². The molecule has 0 heterocycles. The van der Waals surface area contributed by atoms with Gasteiger partial charge >= 0.3 is 0 Å². The SMILES string of the molecule is OC[C@@H](Cc1ccccc1)N(O)c1ccccc1. The summed E-state index contributed by atoms with van der Waals surface area (Å²) in [5.41, 5.74) is 1.78. The smallest absolute Gasteiger partial charge is 0.0834 e. The summed E-state index contributed by atoms with van der Waals surface area (Å²) < 4.78 is 0. The lowest BCUT2D eigenvalue weighted by atomic mass is 10.1. The largest absolute Gasteiger partial charge is 0.394 e. The van der Waals surface area contributed by atoms with E-state index in [-0.39, 0.29) is 12.6 Å². The molecule has 0 aliphatic heterocycles. The van der Waals surface area contributed by atoms with Gasteiger partial charge in [0.15, 0.2) is 0 Å². The van der Waals surface area contributed by atoms with Gasteiger partial charge in [0.25, 0.3) is 0 Å². The molecule has 0 aliphatic rings. The third-order valence-electron chi connectivity index (χ3n) is 2.89. The van der Waals surface area contributed by atoms with Gasteiger partial charge in [-0.1, -0.05) is 48.5 Å². The van der Waals surface area contributed by atoms with Gasteiger partial charge in [0.05, 0.1) is 18.3 Å². The number of nitrogens with zero attached hydrogens (tertiary/aromatic N) is 1. The fourth-order valence-electron chi connectivity index (χ4n) is 1.91. The van der Waals surface area contributed by atoms with E-state index < -0.39 is 0 Å². The minimum atomic E-state index is -0.338. The van der Waals surface area contributed by atoms with E-state index in [1.54, 1.807) is 0 Å². The standard InChI is InChI=1S/C15H17NO2/c17-12-15(11-13-7-3-1-4-8-13)16(18)14-9-5-2-6-10-14/h1-10,15,17-18H,11-12H2/t15-/m1/s1. The Balaban J connectivity index is 2.09. The molecule has 3 heteroatoms. The van der Waals surface area contributed by atoms with E-state index in [9.17, 15) is 10.3 Å². The molecule has 0 fully saturated rings. The van der Waals surface area contributed by atoms with Crippen LogP contribution in [0.15, 0.2) is 60.7 Å². The molecule has 0 bridgehead atoms. The highest BCUT2D eigenvalue weighted by atomic mass is 16.5. The quantitative estimate of drug-likeness (QED) is 0.793. The maximum Gasteiger partial charge on any atom is 0.0834 e. The maximum atomic E-state index is 10.1. The van der Waals surface area contributed by atoms with Gasteiger partial charge in [-0.3, -0.25) is 10.3 Å². The van der Waals surface area contributed by atoms with Crippen molar-refractivity contribution in [2.75, 3.05) is 11.7 Å². The van der Waals surface area contributed by atoms with Gasteiger partial charge in [-0.25, -0.2) is 0 Å². The van der Waals surface area contributed by atoms with Gasteiger partial charge in [-0.15, -0.1) is 0 Å². The summed E-state index contributed by atoms with van der Waals surface area (Å²) in [6, 6.07) is 18.7. The number of hydroxylamine groups is 1.